The molecule has 0 saturated carbocycles. The van der Waals surface area contributed by atoms with Crippen molar-refractivity contribution in [1.82, 2.24) is 10.2 Å². The number of carbonyl (C=O) groups is 1. The molecule has 0 aliphatic heterocycles. The van der Waals surface area contributed by atoms with E-state index < -0.39 is 0 Å². The summed E-state index contributed by atoms with van der Waals surface area (Å²) in [5, 5.41) is 10.9. The summed E-state index contributed by atoms with van der Waals surface area (Å²) in [6.45, 7) is 6.19. The topological polar surface area (TPSA) is 73.3 Å². The van der Waals surface area contributed by atoms with Crippen LogP contribution in [0.15, 0.2) is 26.9 Å². The summed E-state index contributed by atoms with van der Waals surface area (Å²) in [5.41, 5.74) is 0.658. The Labute approximate surface area is 166 Å². The Morgan fingerprint density at radius 1 is 1.15 bits per heavy atom. The molecule has 0 aliphatic rings. The molecule has 1 aromatic heterocycles. The standard InChI is InChI=1S/C17H23N3O3S3/c1-10(2)9-24-16-19-20-17(26-16)25-11(3)15(21)18-12-6-7-13(22-4)14(8-12)23-5/h6-8,10-11H,9H2,1-5H3,(H,18,21)/t11-/m1/s1. The largest absolute Gasteiger partial charge is 0.493 e. The van der Waals surface area contributed by atoms with E-state index in [0.717, 1.165) is 14.4 Å². The van der Waals surface area contributed by atoms with Crippen molar-refractivity contribution in [3.8, 4) is 11.5 Å². The van der Waals surface area contributed by atoms with Crippen LogP contribution in [0.3, 0.4) is 0 Å². The molecule has 1 heterocycles. The molecular formula is C17H23N3O3S3. The maximum Gasteiger partial charge on any atom is 0.237 e. The molecule has 1 amide bonds. The zero-order valence-corrected chi connectivity index (χ0v) is 17.9. The number of amides is 1. The predicted octanol–water partition coefficient (Wildman–Crippen LogP) is 4.42. The summed E-state index contributed by atoms with van der Waals surface area (Å²) >= 11 is 4.63. The van der Waals surface area contributed by atoms with Crippen LogP contribution in [0.1, 0.15) is 20.8 Å². The Morgan fingerprint density at radius 3 is 2.50 bits per heavy atom. The van der Waals surface area contributed by atoms with E-state index in [1.54, 1.807) is 44.2 Å². The second-order valence-corrected chi connectivity index (χ2v) is 9.69. The lowest BCUT2D eigenvalue weighted by Gasteiger charge is -2.13. The molecule has 2 aromatic rings. The summed E-state index contributed by atoms with van der Waals surface area (Å²) < 4.78 is 12.2. The normalized spacial score (nSPS) is 12.1. The van der Waals surface area contributed by atoms with Gasteiger partial charge in [-0.25, -0.2) is 0 Å². The first kappa shape index (κ1) is 20.9. The minimum atomic E-state index is -0.293. The highest BCUT2D eigenvalue weighted by Gasteiger charge is 2.18. The van der Waals surface area contributed by atoms with Crippen molar-refractivity contribution in [2.45, 2.75) is 34.7 Å². The first-order valence-corrected chi connectivity index (χ1v) is 10.8. The molecule has 0 saturated heterocycles. The highest BCUT2D eigenvalue weighted by molar-refractivity contribution is 8.03. The summed E-state index contributed by atoms with van der Waals surface area (Å²) in [7, 11) is 3.14. The fraction of sp³-hybridized carbons (Fsp3) is 0.471. The third-order valence-corrected chi connectivity index (χ3v) is 6.89. The molecule has 9 heteroatoms. The minimum absolute atomic E-state index is 0.103. The van der Waals surface area contributed by atoms with Crippen LogP contribution < -0.4 is 14.8 Å². The average molecular weight is 414 g/mol. The van der Waals surface area contributed by atoms with Crippen molar-refractivity contribution in [3.63, 3.8) is 0 Å². The first-order valence-electron chi connectivity index (χ1n) is 8.08. The van der Waals surface area contributed by atoms with Gasteiger partial charge >= 0.3 is 0 Å². The number of ether oxygens (including phenoxy) is 2. The number of carbonyl (C=O) groups excluding carboxylic acids is 1. The van der Waals surface area contributed by atoms with Gasteiger partial charge in [-0.15, -0.1) is 10.2 Å². The number of methoxy groups -OCH3 is 2. The van der Waals surface area contributed by atoms with Crippen molar-refractivity contribution in [2.75, 3.05) is 25.3 Å². The fourth-order valence-electron chi connectivity index (χ4n) is 1.90. The zero-order chi connectivity index (χ0) is 19.1. The summed E-state index contributed by atoms with van der Waals surface area (Å²) in [6.07, 6.45) is 0. The van der Waals surface area contributed by atoms with Gasteiger partial charge in [0.2, 0.25) is 5.91 Å². The third-order valence-electron chi connectivity index (χ3n) is 3.23. The summed E-state index contributed by atoms with van der Waals surface area (Å²) in [4.78, 5) is 12.4. The smallest absolute Gasteiger partial charge is 0.237 e. The number of benzene rings is 1. The molecule has 0 radical (unpaired) electrons. The van der Waals surface area contributed by atoms with Gasteiger partial charge in [0, 0.05) is 17.5 Å². The van der Waals surface area contributed by atoms with E-state index in [1.165, 1.54) is 23.1 Å². The van der Waals surface area contributed by atoms with Gasteiger partial charge in [0.05, 0.1) is 19.5 Å². The van der Waals surface area contributed by atoms with E-state index in [-0.39, 0.29) is 11.2 Å². The molecule has 0 aliphatic carbocycles. The Balaban J connectivity index is 1.93. The number of rotatable bonds is 9. The van der Waals surface area contributed by atoms with E-state index in [0.29, 0.717) is 23.1 Å². The second-order valence-electron chi connectivity index (χ2n) is 5.86. The molecule has 2 rings (SSSR count). The molecule has 26 heavy (non-hydrogen) atoms. The van der Waals surface area contributed by atoms with Crippen molar-refractivity contribution >= 4 is 46.5 Å². The van der Waals surface area contributed by atoms with Gasteiger partial charge in [-0.05, 0) is 25.0 Å². The van der Waals surface area contributed by atoms with Crippen molar-refractivity contribution < 1.29 is 14.3 Å². The van der Waals surface area contributed by atoms with E-state index in [2.05, 4.69) is 29.4 Å². The van der Waals surface area contributed by atoms with E-state index in [9.17, 15) is 4.79 Å². The van der Waals surface area contributed by atoms with Crippen LogP contribution >= 0.6 is 34.9 Å². The fourth-order valence-corrected chi connectivity index (χ4v) is 5.04. The number of anilines is 1. The maximum absolute atomic E-state index is 12.4. The monoisotopic (exact) mass is 413 g/mol. The number of thioether (sulfide) groups is 2. The number of aromatic nitrogens is 2. The molecular weight excluding hydrogens is 390 g/mol. The van der Waals surface area contributed by atoms with Gasteiger partial charge in [0.1, 0.15) is 0 Å². The maximum atomic E-state index is 12.4. The Hall–Kier alpha value is -1.45. The van der Waals surface area contributed by atoms with Crippen LogP contribution in [0.25, 0.3) is 0 Å². The Morgan fingerprint density at radius 2 is 1.85 bits per heavy atom. The van der Waals surface area contributed by atoms with Gasteiger partial charge < -0.3 is 14.8 Å². The SMILES string of the molecule is COc1ccc(NC(=O)[C@@H](C)Sc2nnc(SCC(C)C)s2)cc1OC. The molecule has 0 bridgehead atoms. The van der Waals surface area contributed by atoms with Crippen LogP contribution in [-0.4, -0.2) is 41.3 Å². The van der Waals surface area contributed by atoms with Crippen LogP contribution in [0, 0.1) is 5.92 Å². The van der Waals surface area contributed by atoms with Crippen LogP contribution in [0.2, 0.25) is 0 Å². The lowest BCUT2D eigenvalue weighted by atomic mass is 10.2. The molecule has 0 fully saturated rings. The number of nitrogens with zero attached hydrogens (tertiary/aromatic N) is 2. The van der Waals surface area contributed by atoms with Gasteiger partial charge in [0.25, 0.3) is 0 Å². The second kappa shape index (κ2) is 10.0. The quantitative estimate of drug-likeness (QED) is 0.610. The van der Waals surface area contributed by atoms with E-state index in [4.69, 9.17) is 9.47 Å². The molecule has 0 unspecified atom stereocenters. The Bertz CT molecular complexity index is 737. The molecule has 6 nitrogen and oxygen atoms in total. The number of nitrogens with one attached hydrogen (secondary N) is 1. The van der Waals surface area contributed by atoms with Crippen LogP contribution in [-0.2, 0) is 4.79 Å². The summed E-state index contributed by atoms with van der Waals surface area (Å²) in [6, 6.07) is 5.28. The number of hydrogen-bond acceptors (Lipinski definition) is 8. The first-order chi connectivity index (χ1) is 12.4. The molecule has 0 spiro atoms. The van der Waals surface area contributed by atoms with Gasteiger partial charge in [0.15, 0.2) is 20.2 Å². The van der Waals surface area contributed by atoms with Crippen molar-refractivity contribution in [2.24, 2.45) is 5.92 Å². The molecule has 142 valence electrons. The van der Waals surface area contributed by atoms with Crippen LogP contribution in [0.4, 0.5) is 5.69 Å². The lowest BCUT2D eigenvalue weighted by Crippen LogP contribution is -2.22. The average Bonchev–Trinajstić information content (AvgIpc) is 3.07. The number of hydrogen-bond donors (Lipinski definition) is 1. The van der Waals surface area contributed by atoms with Crippen molar-refractivity contribution in [3.05, 3.63) is 18.2 Å². The van der Waals surface area contributed by atoms with Gasteiger partial charge in [-0.3, -0.25) is 4.79 Å². The Kier molecular flexibility index (Phi) is 8.05. The predicted molar refractivity (Wildman–Crippen MR) is 109 cm³/mol. The third kappa shape index (κ3) is 6.07. The van der Waals surface area contributed by atoms with E-state index >= 15 is 0 Å². The highest BCUT2D eigenvalue weighted by Crippen LogP contribution is 2.33. The van der Waals surface area contributed by atoms with Crippen molar-refractivity contribution in [1.29, 1.82) is 0 Å². The lowest BCUT2D eigenvalue weighted by molar-refractivity contribution is -0.115. The van der Waals surface area contributed by atoms with Gasteiger partial charge in [-0.2, -0.15) is 0 Å². The zero-order valence-electron chi connectivity index (χ0n) is 15.4. The van der Waals surface area contributed by atoms with Crippen LogP contribution in [0.5, 0.6) is 11.5 Å². The van der Waals surface area contributed by atoms with E-state index in [1.807, 2.05) is 6.92 Å². The molecule has 1 aromatic carbocycles. The van der Waals surface area contributed by atoms with Gasteiger partial charge in [-0.1, -0.05) is 48.7 Å². The summed E-state index contributed by atoms with van der Waals surface area (Å²) in [5.74, 6) is 2.70. The minimum Gasteiger partial charge on any atom is -0.493 e. The highest BCUT2D eigenvalue weighted by atomic mass is 32.2. The molecule has 1 atom stereocenters. The molecule has 1 N–H and O–H groups in total.